The minimum Gasteiger partial charge on any atom is -0.425 e. The molecule has 0 amide bonds. The van der Waals surface area contributed by atoms with Gasteiger partial charge in [-0.05, 0) is 23.4 Å². The van der Waals surface area contributed by atoms with E-state index in [1.54, 1.807) is 24.3 Å². The van der Waals surface area contributed by atoms with Crippen LogP contribution in [0.3, 0.4) is 0 Å². The molecule has 7 heteroatoms. The van der Waals surface area contributed by atoms with Crippen molar-refractivity contribution in [1.82, 2.24) is 19.9 Å². The average molecular weight is 246 g/mol. The van der Waals surface area contributed by atoms with Crippen molar-refractivity contribution in [3.05, 3.63) is 59.0 Å². The maximum Gasteiger partial charge on any atom is 0.282 e. The lowest BCUT2D eigenvalue weighted by molar-refractivity contribution is 0.155. The van der Waals surface area contributed by atoms with Crippen molar-refractivity contribution >= 4 is 11.0 Å². The standard InChI is InChI=1S/C6H5N3O.C5H5NO2/c10-9-6-4-2-1-3-5(6)7-8-9;7-5-3-1-2-4-6(5)8/h1-4,10H;1-4,8H. The summed E-state index contributed by atoms with van der Waals surface area (Å²) in [6.45, 7) is 0. The Morgan fingerprint density at radius 1 is 1.00 bits per heavy atom. The molecule has 2 aromatic heterocycles. The number of pyridine rings is 1. The molecule has 0 radical (unpaired) electrons. The number of rotatable bonds is 0. The van der Waals surface area contributed by atoms with Gasteiger partial charge in [-0.25, -0.2) is 0 Å². The van der Waals surface area contributed by atoms with Gasteiger partial charge in [0.25, 0.3) is 5.56 Å². The van der Waals surface area contributed by atoms with Crippen LogP contribution >= 0.6 is 0 Å². The first-order chi connectivity index (χ1) is 8.68. The van der Waals surface area contributed by atoms with Crippen LogP contribution in [0.4, 0.5) is 0 Å². The first-order valence-corrected chi connectivity index (χ1v) is 5.05. The van der Waals surface area contributed by atoms with E-state index in [9.17, 15) is 4.79 Å². The summed E-state index contributed by atoms with van der Waals surface area (Å²) in [5.41, 5.74) is 0.917. The highest BCUT2D eigenvalue weighted by atomic mass is 16.5. The fourth-order valence-electron chi connectivity index (χ4n) is 1.28. The van der Waals surface area contributed by atoms with Gasteiger partial charge in [0.05, 0.1) is 0 Å². The van der Waals surface area contributed by atoms with E-state index in [-0.39, 0.29) is 0 Å². The highest BCUT2D eigenvalue weighted by Gasteiger charge is 1.98. The van der Waals surface area contributed by atoms with Crippen LogP contribution in [0.15, 0.2) is 53.5 Å². The monoisotopic (exact) mass is 246 g/mol. The van der Waals surface area contributed by atoms with E-state index in [2.05, 4.69) is 10.3 Å². The molecule has 2 heterocycles. The summed E-state index contributed by atoms with van der Waals surface area (Å²) in [7, 11) is 0. The first-order valence-electron chi connectivity index (χ1n) is 5.05. The van der Waals surface area contributed by atoms with E-state index in [0.29, 0.717) is 15.8 Å². The summed E-state index contributed by atoms with van der Waals surface area (Å²) in [4.78, 5) is 11.1. The number of hydrogen-bond acceptors (Lipinski definition) is 5. The van der Waals surface area contributed by atoms with E-state index in [4.69, 9.17) is 10.4 Å². The molecule has 7 nitrogen and oxygen atoms in total. The molecule has 0 fully saturated rings. The molecule has 0 aliphatic carbocycles. The molecular weight excluding hydrogens is 236 g/mol. The van der Waals surface area contributed by atoms with E-state index in [1.807, 2.05) is 12.1 Å². The van der Waals surface area contributed by atoms with Crippen LogP contribution in [0.1, 0.15) is 0 Å². The molecule has 1 aromatic carbocycles. The van der Waals surface area contributed by atoms with Gasteiger partial charge < -0.3 is 10.4 Å². The third kappa shape index (κ3) is 2.46. The Morgan fingerprint density at radius 3 is 2.33 bits per heavy atom. The van der Waals surface area contributed by atoms with Gasteiger partial charge >= 0.3 is 0 Å². The largest absolute Gasteiger partial charge is 0.425 e. The Balaban J connectivity index is 0.000000138. The van der Waals surface area contributed by atoms with E-state index < -0.39 is 5.56 Å². The predicted molar refractivity (Wildman–Crippen MR) is 62.6 cm³/mol. The van der Waals surface area contributed by atoms with E-state index in [1.165, 1.54) is 12.3 Å². The summed E-state index contributed by atoms with van der Waals surface area (Å²) in [6, 6.07) is 11.6. The minimum absolute atomic E-state index is 0.410. The number of nitrogens with zero attached hydrogens (tertiary/aromatic N) is 4. The van der Waals surface area contributed by atoms with Gasteiger partial charge in [0.2, 0.25) is 0 Å². The van der Waals surface area contributed by atoms with Gasteiger partial charge in [-0.3, -0.25) is 4.79 Å². The molecule has 3 rings (SSSR count). The lowest BCUT2D eigenvalue weighted by Crippen LogP contribution is -2.13. The number of hydrogen-bond donors (Lipinski definition) is 2. The van der Waals surface area contributed by atoms with Crippen molar-refractivity contribution in [3.8, 4) is 0 Å². The van der Waals surface area contributed by atoms with Crippen LogP contribution in [-0.2, 0) is 0 Å². The van der Waals surface area contributed by atoms with Gasteiger partial charge in [-0.2, -0.15) is 4.73 Å². The van der Waals surface area contributed by atoms with Crippen LogP contribution < -0.4 is 5.56 Å². The molecule has 92 valence electrons. The third-order valence-electron chi connectivity index (χ3n) is 2.14. The number of benzene rings is 1. The molecule has 0 saturated carbocycles. The van der Waals surface area contributed by atoms with Crippen molar-refractivity contribution in [2.45, 2.75) is 0 Å². The smallest absolute Gasteiger partial charge is 0.282 e. The predicted octanol–water partition coefficient (Wildman–Crippen LogP) is 0.754. The topological polar surface area (TPSA) is 93.2 Å². The highest BCUT2D eigenvalue weighted by molar-refractivity contribution is 5.73. The molecule has 0 unspecified atom stereocenters. The number of aromatic nitrogens is 4. The van der Waals surface area contributed by atoms with E-state index >= 15 is 0 Å². The van der Waals surface area contributed by atoms with Crippen LogP contribution in [0.5, 0.6) is 0 Å². The summed E-state index contributed by atoms with van der Waals surface area (Å²) in [6.07, 6.45) is 1.28. The van der Waals surface area contributed by atoms with Crippen molar-refractivity contribution in [3.63, 3.8) is 0 Å². The summed E-state index contributed by atoms with van der Waals surface area (Å²) < 4.78 is 0.528. The second-order valence-corrected chi connectivity index (χ2v) is 3.35. The van der Waals surface area contributed by atoms with E-state index in [0.717, 1.165) is 4.85 Å². The Bertz CT molecular complexity index is 704. The Labute approximate surface area is 101 Å². The maximum absolute atomic E-state index is 10.3. The van der Waals surface area contributed by atoms with Crippen LogP contribution in [-0.4, -0.2) is 30.3 Å². The second-order valence-electron chi connectivity index (χ2n) is 3.35. The molecular formula is C11H10N4O3. The number of para-hydroxylation sites is 1. The van der Waals surface area contributed by atoms with Gasteiger partial charge in [-0.15, -0.1) is 5.10 Å². The van der Waals surface area contributed by atoms with Gasteiger partial charge in [-0.1, -0.05) is 23.0 Å². The fraction of sp³-hybridized carbons (Fsp3) is 0. The van der Waals surface area contributed by atoms with Crippen molar-refractivity contribution in [2.24, 2.45) is 0 Å². The molecule has 2 N–H and O–H groups in total. The van der Waals surface area contributed by atoms with Gasteiger partial charge in [0.15, 0.2) is 0 Å². The number of fused-ring (bicyclic) bond motifs is 1. The Hall–Kier alpha value is -2.83. The second kappa shape index (κ2) is 5.00. The molecule has 0 atom stereocenters. The van der Waals surface area contributed by atoms with Crippen molar-refractivity contribution in [1.29, 1.82) is 0 Å². The molecule has 0 aliphatic heterocycles. The van der Waals surface area contributed by atoms with Crippen LogP contribution in [0, 0.1) is 0 Å². The van der Waals surface area contributed by atoms with Gasteiger partial charge in [0, 0.05) is 12.3 Å². The fourth-order valence-corrected chi connectivity index (χ4v) is 1.28. The molecule has 18 heavy (non-hydrogen) atoms. The molecule has 0 bridgehead atoms. The lowest BCUT2D eigenvalue weighted by atomic mass is 10.3. The third-order valence-corrected chi connectivity index (χ3v) is 2.14. The van der Waals surface area contributed by atoms with Gasteiger partial charge in [0.1, 0.15) is 11.0 Å². The average Bonchev–Trinajstić information content (AvgIpc) is 2.77. The Kier molecular flexibility index (Phi) is 3.24. The zero-order valence-corrected chi connectivity index (χ0v) is 9.21. The molecule has 3 aromatic rings. The maximum atomic E-state index is 10.3. The Morgan fingerprint density at radius 2 is 1.72 bits per heavy atom. The highest BCUT2D eigenvalue weighted by Crippen LogP contribution is 2.06. The van der Waals surface area contributed by atoms with Crippen LogP contribution in [0.2, 0.25) is 0 Å². The molecule has 0 spiro atoms. The zero-order chi connectivity index (χ0) is 13.0. The normalized spacial score (nSPS) is 9.78. The minimum atomic E-state index is -0.410. The SMILES string of the molecule is O=c1ccccn1O.On1nnc2ccccc21. The summed E-state index contributed by atoms with van der Waals surface area (Å²) in [5.74, 6) is 0. The van der Waals surface area contributed by atoms with Crippen molar-refractivity contribution < 1.29 is 10.4 Å². The molecule has 0 aliphatic rings. The lowest BCUT2D eigenvalue weighted by Gasteiger charge is -1.88. The summed E-state index contributed by atoms with van der Waals surface area (Å²) in [5, 5.41) is 24.6. The summed E-state index contributed by atoms with van der Waals surface area (Å²) >= 11 is 0. The van der Waals surface area contributed by atoms with Crippen molar-refractivity contribution in [2.75, 3.05) is 0 Å². The van der Waals surface area contributed by atoms with Crippen LogP contribution in [0.25, 0.3) is 11.0 Å². The quantitative estimate of drug-likeness (QED) is 0.571. The molecule has 0 saturated heterocycles. The zero-order valence-electron chi connectivity index (χ0n) is 9.21. The first kappa shape index (κ1) is 11.6.